The summed E-state index contributed by atoms with van der Waals surface area (Å²) in [5, 5.41) is 2.93. The van der Waals surface area contributed by atoms with Gasteiger partial charge in [-0.05, 0) is 24.5 Å². The molecule has 1 aromatic rings. The van der Waals surface area contributed by atoms with Crippen LogP contribution in [0.3, 0.4) is 0 Å². The molecule has 5 nitrogen and oxygen atoms in total. The Bertz CT molecular complexity index is 624. The average Bonchev–Trinajstić information content (AvgIpc) is 3.23. The summed E-state index contributed by atoms with van der Waals surface area (Å²) in [7, 11) is -4.10. The second-order valence-electron chi connectivity index (χ2n) is 7.00. The third kappa shape index (κ3) is 11.8. The van der Waals surface area contributed by atoms with E-state index in [1.54, 1.807) is 18.5 Å². The molecule has 0 saturated carbocycles. The van der Waals surface area contributed by atoms with Crippen molar-refractivity contribution in [1.82, 2.24) is 5.32 Å². The summed E-state index contributed by atoms with van der Waals surface area (Å²) in [4.78, 5) is 3.91. The van der Waals surface area contributed by atoms with Crippen molar-refractivity contribution < 1.29 is 13.0 Å². The number of aryl methyl sites for hydroxylation is 1. The van der Waals surface area contributed by atoms with Gasteiger partial charge in [-0.2, -0.15) is 8.42 Å². The van der Waals surface area contributed by atoms with Gasteiger partial charge in [0.25, 0.3) is 10.1 Å². The Hall–Kier alpha value is -1.40. The molecule has 0 amide bonds. The lowest BCUT2D eigenvalue weighted by atomic mass is 10.0. The van der Waals surface area contributed by atoms with Gasteiger partial charge in [0.2, 0.25) is 0 Å². The number of hydrogen-bond donors (Lipinski definition) is 2. The molecule has 0 atom stereocenters. The summed E-state index contributed by atoms with van der Waals surface area (Å²) >= 11 is 0. The van der Waals surface area contributed by atoms with Gasteiger partial charge in [0, 0.05) is 6.54 Å². The van der Waals surface area contributed by atoms with E-state index < -0.39 is 10.1 Å². The van der Waals surface area contributed by atoms with Crippen LogP contribution in [0.5, 0.6) is 0 Å². The molecule has 0 bridgehead atoms. The summed E-state index contributed by atoms with van der Waals surface area (Å²) in [5.41, 5.74) is 0.726. The minimum Gasteiger partial charge on any atom is -0.375 e. The number of rotatable bonds is 12. The molecule has 2 rings (SSSR count). The first-order valence-corrected chi connectivity index (χ1v) is 11.8. The van der Waals surface area contributed by atoms with Gasteiger partial charge in [-0.1, -0.05) is 82.9 Å². The van der Waals surface area contributed by atoms with E-state index in [-0.39, 0.29) is 4.90 Å². The van der Waals surface area contributed by atoms with Gasteiger partial charge in [-0.25, -0.2) is 0 Å². The number of benzene rings is 1. The van der Waals surface area contributed by atoms with Crippen LogP contribution >= 0.6 is 0 Å². The average molecular weight is 397 g/mol. The van der Waals surface area contributed by atoms with Crippen molar-refractivity contribution >= 4 is 16.5 Å². The smallest absolute Gasteiger partial charge is 0.294 e. The molecule has 154 valence electrons. The Balaban J connectivity index is 0.000000625. The normalized spacial score (nSPS) is 13.1. The van der Waals surface area contributed by atoms with Gasteiger partial charge >= 0.3 is 0 Å². The van der Waals surface area contributed by atoms with Crippen LogP contribution in [0.25, 0.3) is 0 Å². The van der Waals surface area contributed by atoms with Crippen molar-refractivity contribution in [2.45, 2.75) is 82.4 Å². The predicted octanol–water partition coefficient (Wildman–Crippen LogP) is 5.01. The Morgan fingerprint density at radius 2 is 1.56 bits per heavy atom. The standard InChI is InChI=1S/C18H30O3S.C3H6N2/c1-2-3-4-5-6-7-8-9-10-11-14-17-15-12-13-16-18(17)22(19,20)21;1-2-5-3-4-1/h12-13,15-16H,2-11,14H2,1H3,(H,19,20,21);3H,1-2H2,(H,4,5). The van der Waals surface area contributed by atoms with E-state index in [9.17, 15) is 13.0 Å². The number of aliphatic imine (C=N–C) groups is 1. The zero-order valence-electron chi connectivity index (χ0n) is 16.7. The molecular formula is C21H36N2O3S. The summed E-state index contributed by atoms with van der Waals surface area (Å²) in [6.45, 7) is 4.22. The fraction of sp³-hybridized carbons (Fsp3) is 0.667. The molecule has 1 aliphatic rings. The van der Waals surface area contributed by atoms with Crippen molar-refractivity contribution in [2.24, 2.45) is 4.99 Å². The molecule has 0 saturated heterocycles. The minimum atomic E-state index is -4.10. The highest BCUT2D eigenvalue weighted by Gasteiger charge is 2.13. The van der Waals surface area contributed by atoms with Crippen LogP contribution in [0.2, 0.25) is 0 Å². The van der Waals surface area contributed by atoms with Gasteiger partial charge in [0.15, 0.2) is 0 Å². The van der Waals surface area contributed by atoms with Crippen LogP contribution in [-0.2, 0) is 16.5 Å². The first kappa shape index (κ1) is 23.6. The van der Waals surface area contributed by atoms with Gasteiger partial charge < -0.3 is 5.32 Å². The second-order valence-corrected chi connectivity index (χ2v) is 8.39. The zero-order chi connectivity index (χ0) is 19.8. The molecule has 0 aliphatic carbocycles. The third-order valence-corrected chi connectivity index (χ3v) is 5.57. The van der Waals surface area contributed by atoms with Crippen LogP contribution < -0.4 is 5.32 Å². The minimum absolute atomic E-state index is 0.0610. The lowest BCUT2D eigenvalue weighted by Crippen LogP contribution is -2.04. The third-order valence-electron chi connectivity index (χ3n) is 4.62. The van der Waals surface area contributed by atoms with Gasteiger partial charge in [0.05, 0.1) is 17.8 Å². The van der Waals surface area contributed by atoms with E-state index in [1.165, 1.54) is 57.4 Å². The predicted molar refractivity (Wildman–Crippen MR) is 113 cm³/mol. The number of nitrogens with zero attached hydrogens (tertiary/aromatic N) is 1. The summed E-state index contributed by atoms with van der Waals surface area (Å²) in [6.07, 6.45) is 15.0. The highest BCUT2D eigenvalue weighted by Crippen LogP contribution is 2.18. The molecule has 0 unspecified atom stereocenters. The van der Waals surface area contributed by atoms with Crippen molar-refractivity contribution in [3.05, 3.63) is 29.8 Å². The first-order chi connectivity index (χ1) is 13.1. The topological polar surface area (TPSA) is 78.8 Å². The molecule has 0 spiro atoms. The molecule has 2 N–H and O–H groups in total. The van der Waals surface area contributed by atoms with Crippen LogP contribution in [0.1, 0.15) is 76.7 Å². The Morgan fingerprint density at radius 3 is 2.04 bits per heavy atom. The molecule has 1 aliphatic heterocycles. The van der Waals surface area contributed by atoms with Gasteiger partial charge in [-0.3, -0.25) is 9.55 Å². The van der Waals surface area contributed by atoms with E-state index >= 15 is 0 Å². The van der Waals surface area contributed by atoms with Crippen LogP contribution in [0, 0.1) is 0 Å². The van der Waals surface area contributed by atoms with Crippen molar-refractivity contribution in [3.8, 4) is 0 Å². The van der Waals surface area contributed by atoms with Crippen LogP contribution in [-0.4, -0.2) is 32.4 Å². The van der Waals surface area contributed by atoms with E-state index in [4.69, 9.17) is 0 Å². The first-order valence-electron chi connectivity index (χ1n) is 10.3. The van der Waals surface area contributed by atoms with E-state index in [0.29, 0.717) is 6.42 Å². The Labute approximate surface area is 165 Å². The maximum atomic E-state index is 11.3. The Morgan fingerprint density at radius 1 is 0.963 bits per heavy atom. The van der Waals surface area contributed by atoms with E-state index in [0.717, 1.165) is 31.5 Å². The highest BCUT2D eigenvalue weighted by atomic mass is 32.2. The maximum Gasteiger partial charge on any atom is 0.294 e. The lowest BCUT2D eigenvalue weighted by Gasteiger charge is -2.07. The summed E-state index contributed by atoms with van der Waals surface area (Å²) < 4.78 is 31.8. The molecule has 27 heavy (non-hydrogen) atoms. The maximum absolute atomic E-state index is 11.3. The monoisotopic (exact) mass is 396 g/mol. The molecule has 0 fully saturated rings. The fourth-order valence-electron chi connectivity index (χ4n) is 3.09. The summed E-state index contributed by atoms with van der Waals surface area (Å²) in [6, 6.07) is 6.73. The molecular weight excluding hydrogens is 360 g/mol. The Kier molecular flexibility index (Phi) is 12.8. The quantitative estimate of drug-likeness (QED) is 0.384. The van der Waals surface area contributed by atoms with E-state index in [1.807, 2.05) is 6.07 Å². The second kappa shape index (κ2) is 14.6. The van der Waals surface area contributed by atoms with Gasteiger partial charge in [0.1, 0.15) is 0 Å². The highest BCUT2D eigenvalue weighted by molar-refractivity contribution is 7.85. The largest absolute Gasteiger partial charge is 0.375 e. The lowest BCUT2D eigenvalue weighted by molar-refractivity contribution is 0.481. The fourth-order valence-corrected chi connectivity index (χ4v) is 3.84. The molecule has 1 aromatic carbocycles. The number of unbranched alkanes of at least 4 members (excludes halogenated alkanes) is 9. The van der Waals surface area contributed by atoms with Crippen molar-refractivity contribution in [3.63, 3.8) is 0 Å². The van der Waals surface area contributed by atoms with Gasteiger partial charge in [-0.15, -0.1) is 0 Å². The molecule has 0 radical (unpaired) electrons. The molecule has 1 heterocycles. The van der Waals surface area contributed by atoms with Crippen LogP contribution in [0.15, 0.2) is 34.2 Å². The number of nitrogens with one attached hydrogen (secondary N) is 1. The van der Waals surface area contributed by atoms with Crippen LogP contribution in [0.4, 0.5) is 0 Å². The van der Waals surface area contributed by atoms with Crippen molar-refractivity contribution in [1.29, 1.82) is 0 Å². The number of hydrogen-bond acceptors (Lipinski definition) is 4. The summed E-state index contributed by atoms with van der Waals surface area (Å²) in [5.74, 6) is 0. The molecule has 0 aromatic heterocycles. The van der Waals surface area contributed by atoms with E-state index in [2.05, 4.69) is 17.2 Å². The SMILES string of the molecule is C1=NCCN1.CCCCCCCCCCCCc1ccccc1S(=O)(=O)O. The van der Waals surface area contributed by atoms with Crippen molar-refractivity contribution in [2.75, 3.05) is 13.1 Å². The molecule has 6 heteroatoms. The zero-order valence-corrected chi connectivity index (χ0v) is 17.5.